The smallest absolute Gasteiger partial charge is 0.246 e. The van der Waals surface area contributed by atoms with Gasteiger partial charge in [-0.3, -0.25) is 0 Å². The highest BCUT2D eigenvalue weighted by Crippen LogP contribution is 2.24. The second-order valence-corrected chi connectivity index (χ2v) is 8.21. The number of nitrogens with zero attached hydrogens (tertiary/aromatic N) is 2. The predicted octanol–water partition coefficient (Wildman–Crippen LogP) is 2.31. The molecule has 102 valence electrons. The molecule has 0 unspecified atom stereocenters. The number of nitrogens with two attached hydrogens (primary N) is 1. The lowest BCUT2D eigenvalue weighted by Crippen LogP contribution is -2.27. The van der Waals surface area contributed by atoms with E-state index in [2.05, 4.69) is 20.9 Å². The molecule has 0 saturated carbocycles. The summed E-state index contributed by atoms with van der Waals surface area (Å²) in [5, 5.41) is 1.91. The number of thiophene rings is 1. The van der Waals surface area contributed by atoms with Crippen molar-refractivity contribution in [3.8, 4) is 0 Å². The van der Waals surface area contributed by atoms with Gasteiger partial charge in [0.1, 0.15) is 10.7 Å². The Morgan fingerprint density at radius 1 is 1.53 bits per heavy atom. The summed E-state index contributed by atoms with van der Waals surface area (Å²) >= 11 is 4.86. The molecular formula is C11H12BrN3O2S2. The van der Waals surface area contributed by atoms with Crippen LogP contribution < -0.4 is 5.73 Å². The Hall–Kier alpha value is -0.960. The summed E-state index contributed by atoms with van der Waals surface area (Å²) in [6.07, 6.45) is 1.46. The van der Waals surface area contributed by atoms with Gasteiger partial charge in [-0.2, -0.15) is 4.31 Å². The molecule has 0 fully saturated rings. The second-order valence-electron chi connectivity index (χ2n) is 3.91. The van der Waals surface area contributed by atoms with Gasteiger partial charge in [-0.05, 0) is 45.1 Å². The van der Waals surface area contributed by atoms with E-state index in [1.54, 1.807) is 6.07 Å². The number of sulfonamides is 1. The number of hydrogen-bond donors (Lipinski definition) is 1. The molecule has 0 saturated heterocycles. The Kier molecular flexibility index (Phi) is 4.24. The molecule has 0 aromatic carbocycles. The predicted molar refractivity (Wildman–Crippen MR) is 79.3 cm³/mol. The van der Waals surface area contributed by atoms with Crippen LogP contribution in [-0.4, -0.2) is 24.8 Å². The fourth-order valence-corrected chi connectivity index (χ4v) is 3.98. The van der Waals surface area contributed by atoms with Crippen molar-refractivity contribution < 1.29 is 8.42 Å². The summed E-state index contributed by atoms with van der Waals surface area (Å²) in [7, 11) is -2.10. The number of pyridine rings is 1. The molecule has 0 aliphatic rings. The minimum atomic E-state index is -3.62. The third-order valence-electron chi connectivity index (χ3n) is 2.51. The van der Waals surface area contributed by atoms with E-state index < -0.39 is 10.0 Å². The molecule has 2 aromatic rings. The van der Waals surface area contributed by atoms with Crippen LogP contribution in [0.25, 0.3) is 0 Å². The third kappa shape index (κ3) is 3.14. The van der Waals surface area contributed by atoms with E-state index in [0.717, 1.165) is 9.35 Å². The van der Waals surface area contributed by atoms with Crippen molar-refractivity contribution in [3.05, 3.63) is 39.1 Å². The number of nitrogen functional groups attached to an aromatic ring is 1. The summed E-state index contributed by atoms with van der Waals surface area (Å²) in [4.78, 5) is 3.84. The molecule has 0 bridgehead atoms. The fraction of sp³-hybridized carbons (Fsp3) is 0.182. The van der Waals surface area contributed by atoms with Crippen LogP contribution in [0.2, 0.25) is 0 Å². The van der Waals surface area contributed by atoms with E-state index in [4.69, 9.17) is 5.73 Å². The van der Waals surface area contributed by atoms with Crippen molar-refractivity contribution in [2.45, 2.75) is 11.4 Å². The molecule has 2 N–H and O–H groups in total. The lowest BCUT2D eigenvalue weighted by atomic mass is 10.3. The first-order chi connectivity index (χ1) is 8.91. The van der Waals surface area contributed by atoms with Crippen molar-refractivity contribution in [1.29, 1.82) is 0 Å². The first-order valence-electron chi connectivity index (χ1n) is 5.31. The lowest BCUT2D eigenvalue weighted by Gasteiger charge is -2.17. The molecule has 0 atom stereocenters. The standard InChI is InChI=1S/C11H12BrN3O2S2/c1-15(6-8-5-10(12)18-7-8)19(16,17)9-3-2-4-14-11(9)13/h2-5,7H,6H2,1H3,(H2,13,14). The van der Waals surface area contributed by atoms with E-state index in [0.29, 0.717) is 6.54 Å². The van der Waals surface area contributed by atoms with Gasteiger partial charge in [0.2, 0.25) is 10.0 Å². The summed E-state index contributed by atoms with van der Waals surface area (Å²) < 4.78 is 26.9. The van der Waals surface area contributed by atoms with Crippen LogP contribution in [-0.2, 0) is 16.6 Å². The largest absolute Gasteiger partial charge is 0.383 e. The van der Waals surface area contributed by atoms with Crippen LogP contribution in [0.5, 0.6) is 0 Å². The zero-order valence-corrected chi connectivity index (χ0v) is 13.3. The van der Waals surface area contributed by atoms with Gasteiger partial charge in [-0.25, -0.2) is 13.4 Å². The van der Waals surface area contributed by atoms with Crippen molar-refractivity contribution in [1.82, 2.24) is 9.29 Å². The molecule has 0 spiro atoms. The monoisotopic (exact) mass is 361 g/mol. The quantitative estimate of drug-likeness (QED) is 0.906. The van der Waals surface area contributed by atoms with Crippen molar-refractivity contribution >= 4 is 43.1 Å². The van der Waals surface area contributed by atoms with Gasteiger partial charge in [0.15, 0.2) is 0 Å². The number of halogens is 1. The fourth-order valence-electron chi connectivity index (χ4n) is 1.56. The first-order valence-corrected chi connectivity index (χ1v) is 8.42. The summed E-state index contributed by atoms with van der Waals surface area (Å²) in [6.45, 7) is 0.290. The Morgan fingerprint density at radius 2 is 2.26 bits per heavy atom. The van der Waals surface area contributed by atoms with Gasteiger partial charge < -0.3 is 5.73 Å². The Morgan fingerprint density at radius 3 is 2.84 bits per heavy atom. The molecular weight excluding hydrogens is 350 g/mol. The van der Waals surface area contributed by atoms with Crippen molar-refractivity contribution in [3.63, 3.8) is 0 Å². The van der Waals surface area contributed by atoms with Crippen LogP contribution in [0, 0.1) is 0 Å². The number of aromatic nitrogens is 1. The van der Waals surface area contributed by atoms with Gasteiger partial charge in [0.05, 0.1) is 3.79 Å². The molecule has 8 heteroatoms. The molecule has 0 aliphatic heterocycles. The Labute approximate surface area is 124 Å². The van der Waals surface area contributed by atoms with Crippen LogP contribution in [0.1, 0.15) is 5.56 Å². The molecule has 5 nitrogen and oxygen atoms in total. The lowest BCUT2D eigenvalue weighted by molar-refractivity contribution is 0.467. The van der Waals surface area contributed by atoms with Gasteiger partial charge in [-0.1, -0.05) is 0 Å². The van der Waals surface area contributed by atoms with Crippen LogP contribution in [0.3, 0.4) is 0 Å². The SMILES string of the molecule is CN(Cc1csc(Br)c1)S(=O)(=O)c1cccnc1N. The number of rotatable bonds is 4. The highest BCUT2D eigenvalue weighted by Gasteiger charge is 2.23. The molecule has 2 rings (SSSR count). The highest BCUT2D eigenvalue weighted by atomic mass is 79.9. The van der Waals surface area contributed by atoms with Crippen LogP contribution >= 0.6 is 27.3 Å². The minimum Gasteiger partial charge on any atom is -0.383 e. The summed E-state index contributed by atoms with van der Waals surface area (Å²) in [6, 6.07) is 4.90. The zero-order valence-electron chi connectivity index (χ0n) is 10.1. The van der Waals surface area contributed by atoms with Crippen molar-refractivity contribution in [2.75, 3.05) is 12.8 Å². The van der Waals surface area contributed by atoms with Gasteiger partial charge in [-0.15, -0.1) is 11.3 Å². The maximum atomic E-state index is 12.4. The molecule has 19 heavy (non-hydrogen) atoms. The summed E-state index contributed by atoms with van der Waals surface area (Å²) in [5.41, 5.74) is 6.54. The Balaban J connectivity index is 2.27. The van der Waals surface area contributed by atoms with Gasteiger partial charge >= 0.3 is 0 Å². The van der Waals surface area contributed by atoms with E-state index >= 15 is 0 Å². The molecule has 0 aliphatic carbocycles. The highest BCUT2D eigenvalue weighted by molar-refractivity contribution is 9.11. The average Bonchev–Trinajstić information content (AvgIpc) is 2.75. The topological polar surface area (TPSA) is 76.3 Å². The number of hydrogen-bond acceptors (Lipinski definition) is 5. The van der Waals surface area contributed by atoms with E-state index in [9.17, 15) is 8.42 Å². The van der Waals surface area contributed by atoms with E-state index in [-0.39, 0.29) is 10.7 Å². The maximum Gasteiger partial charge on any atom is 0.246 e. The van der Waals surface area contributed by atoms with Crippen molar-refractivity contribution in [2.24, 2.45) is 0 Å². The maximum absolute atomic E-state index is 12.4. The van der Waals surface area contributed by atoms with Gasteiger partial charge in [0.25, 0.3) is 0 Å². The van der Waals surface area contributed by atoms with Crippen LogP contribution in [0.15, 0.2) is 38.5 Å². The van der Waals surface area contributed by atoms with Crippen LogP contribution in [0.4, 0.5) is 5.82 Å². The number of anilines is 1. The summed E-state index contributed by atoms with van der Waals surface area (Å²) in [5.74, 6) is 0.0147. The molecule has 2 aromatic heterocycles. The first kappa shape index (κ1) is 14.4. The zero-order chi connectivity index (χ0) is 14.0. The third-order valence-corrected chi connectivity index (χ3v) is 5.92. The second kappa shape index (κ2) is 5.58. The average molecular weight is 362 g/mol. The van der Waals surface area contributed by atoms with E-state index in [1.165, 1.54) is 35.0 Å². The van der Waals surface area contributed by atoms with Gasteiger partial charge in [0, 0.05) is 19.8 Å². The molecule has 2 heterocycles. The molecule has 0 amide bonds. The normalized spacial score (nSPS) is 11.9. The molecule has 0 radical (unpaired) electrons. The Bertz CT molecular complexity index is 685. The van der Waals surface area contributed by atoms with E-state index in [1.807, 2.05) is 11.4 Å². The minimum absolute atomic E-state index is 0.0147.